The Kier molecular flexibility index (Phi) is 6.64. The third kappa shape index (κ3) is 5.62. The van der Waals surface area contributed by atoms with E-state index in [1.165, 1.54) is 10.4 Å². The molecule has 0 unspecified atom stereocenters. The van der Waals surface area contributed by atoms with E-state index in [1.54, 1.807) is 41.7 Å². The van der Waals surface area contributed by atoms with E-state index in [9.17, 15) is 13.2 Å². The Morgan fingerprint density at radius 1 is 1.19 bits per heavy atom. The number of amides is 1. The first-order valence-electron chi connectivity index (χ1n) is 9.03. The number of hydrogen-bond donors (Lipinski definition) is 2. The molecule has 0 spiro atoms. The fourth-order valence-corrected chi connectivity index (χ4v) is 5.29. The smallest absolute Gasteiger partial charge is 0.240 e. The number of aryl methyl sites for hydroxylation is 1. The van der Waals surface area contributed by atoms with Crippen molar-refractivity contribution in [3.8, 4) is 0 Å². The quantitative estimate of drug-likeness (QED) is 0.737. The van der Waals surface area contributed by atoms with Gasteiger partial charge in [0.2, 0.25) is 15.9 Å². The number of nitrogens with zero attached hydrogens (tertiary/aromatic N) is 1. The zero-order valence-corrected chi connectivity index (χ0v) is 17.0. The second kappa shape index (κ2) is 8.97. The number of thiophene rings is 1. The Hall–Kier alpha value is -1.74. The van der Waals surface area contributed by atoms with Crippen LogP contribution in [0.2, 0.25) is 0 Å². The lowest BCUT2D eigenvalue weighted by Gasteiger charge is -2.31. The van der Waals surface area contributed by atoms with E-state index in [0.29, 0.717) is 39.0 Å². The van der Waals surface area contributed by atoms with Gasteiger partial charge < -0.3 is 5.32 Å². The number of benzene rings is 1. The van der Waals surface area contributed by atoms with E-state index in [1.807, 2.05) is 18.4 Å². The minimum absolute atomic E-state index is 0.00566. The zero-order chi connectivity index (χ0) is 19.3. The first-order chi connectivity index (χ1) is 12.9. The van der Waals surface area contributed by atoms with E-state index in [4.69, 9.17) is 0 Å². The number of likely N-dealkylation sites (tertiary alicyclic amines) is 1. The molecule has 3 rings (SSSR count). The molecule has 1 fully saturated rings. The van der Waals surface area contributed by atoms with Crippen LogP contribution in [0.1, 0.15) is 23.3 Å². The van der Waals surface area contributed by atoms with Crippen molar-refractivity contribution in [1.82, 2.24) is 14.9 Å². The van der Waals surface area contributed by atoms with Gasteiger partial charge >= 0.3 is 0 Å². The monoisotopic (exact) mass is 407 g/mol. The van der Waals surface area contributed by atoms with Crippen molar-refractivity contribution in [2.45, 2.75) is 37.2 Å². The molecule has 0 bridgehead atoms. The Labute approximate surface area is 164 Å². The van der Waals surface area contributed by atoms with E-state index in [2.05, 4.69) is 14.9 Å². The molecule has 1 aliphatic heterocycles. The molecular weight excluding hydrogens is 382 g/mol. The third-order valence-corrected chi connectivity index (χ3v) is 7.30. The average molecular weight is 408 g/mol. The lowest BCUT2D eigenvalue weighted by atomic mass is 10.1. The van der Waals surface area contributed by atoms with Crippen LogP contribution in [0.25, 0.3) is 0 Å². The van der Waals surface area contributed by atoms with Crippen LogP contribution >= 0.6 is 11.3 Å². The van der Waals surface area contributed by atoms with Crippen molar-refractivity contribution < 1.29 is 13.2 Å². The minimum atomic E-state index is -3.48. The molecule has 0 saturated carbocycles. The number of nitrogens with one attached hydrogen (secondary N) is 2. The summed E-state index contributed by atoms with van der Waals surface area (Å²) in [6.07, 6.45) is 1.40. The second-order valence-electron chi connectivity index (χ2n) is 6.79. The molecule has 2 N–H and O–H groups in total. The standard InChI is InChI=1S/C19H25N3O3S2/c1-15-9-12-26-18(15)13-20-19(23)14-22-10-7-16(8-11-22)21-27(24,25)17-5-3-2-4-6-17/h2-6,9,12,16,21H,7-8,10-11,13-14H2,1H3,(H,20,23). The fourth-order valence-electron chi connectivity index (χ4n) is 3.12. The number of rotatable bonds is 7. The van der Waals surface area contributed by atoms with Gasteiger partial charge in [-0.15, -0.1) is 11.3 Å². The summed E-state index contributed by atoms with van der Waals surface area (Å²) >= 11 is 1.65. The molecule has 1 amide bonds. The van der Waals surface area contributed by atoms with Crippen molar-refractivity contribution >= 4 is 27.3 Å². The lowest BCUT2D eigenvalue weighted by Crippen LogP contribution is -2.47. The predicted molar refractivity (Wildman–Crippen MR) is 107 cm³/mol. The highest BCUT2D eigenvalue weighted by Gasteiger charge is 2.25. The molecule has 2 aromatic rings. The van der Waals surface area contributed by atoms with Gasteiger partial charge in [-0.2, -0.15) is 0 Å². The van der Waals surface area contributed by atoms with Crippen LogP contribution in [-0.4, -0.2) is 44.9 Å². The van der Waals surface area contributed by atoms with E-state index >= 15 is 0 Å². The van der Waals surface area contributed by atoms with E-state index < -0.39 is 10.0 Å². The molecule has 146 valence electrons. The molecule has 8 heteroatoms. The number of piperidine rings is 1. The molecule has 27 heavy (non-hydrogen) atoms. The fraction of sp³-hybridized carbons (Fsp3) is 0.421. The first kappa shape index (κ1) is 20.0. The normalized spacial score (nSPS) is 16.3. The topological polar surface area (TPSA) is 78.5 Å². The van der Waals surface area contributed by atoms with Crippen LogP contribution in [0.5, 0.6) is 0 Å². The predicted octanol–water partition coefficient (Wildman–Crippen LogP) is 2.12. The Morgan fingerprint density at radius 2 is 1.89 bits per heavy atom. The van der Waals surface area contributed by atoms with Crippen molar-refractivity contribution in [3.63, 3.8) is 0 Å². The van der Waals surface area contributed by atoms with Gasteiger partial charge in [0, 0.05) is 24.0 Å². The van der Waals surface area contributed by atoms with Crippen LogP contribution in [0.3, 0.4) is 0 Å². The summed E-state index contributed by atoms with van der Waals surface area (Å²) in [5.41, 5.74) is 1.20. The van der Waals surface area contributed by atoms with Gasteiger partial charge in [-0.25, -0.2) is 13.1 Å². The molecular formula is C19H25N3O3S2. The summed E-state index contributed by atoms with van der Waals surface area (Å²) in [7, 11) is -3.48. The molecule has 1 saturated heterocycles. The maximum Gasteiger partial charge on any atom is 0.240 e. The Bertz CT molecular complexity index is 857. The van der Waals surface area contributed by atoms with E-state index in [0.717, 1.165) is 0 Å². The summed E-state index contributed by atoms with van der Waals surface area (Å²) in [4.78, 5) is 15.7. The highest BCUT2D eigenvalue weighted by molar-refractivity contribution is 7.89. The van der Waals surface area contributed by atoms with Crippen molar-refractivity contribution in [1.29, 1.82) is 0 Å². The maximum atomic E-state index is 12.4. The van der Waals surface area contributed by atoms with Crippen LogP contribution in [0.4, 0.5) is 0 Å². The Morgan fingerprint density at radius 3 is 2.52 bits per heavy atom. The van der Waals surface area contributed by atoms with Crippen LogP contribution in [0, 0.1) is 6.92 Å². The molecule has 0 radical (unpaired) electrons. The Balaban J connectivity index is 1.42. The first-order valence-corrected chi connectivity index (χ1v) is 11.4. The highest BCUT2D eigenvalue weighted by Crippen LogP contribution is 2.16. The highest BCUT2D eigenvalue weighted by atomic mass is 32.2. The van der Waals surface area contributed by atoms with Gasteiger partial charge in [0.15, 0.2) is 0 Å². The van der Waals surface area contributed by atoms with Gasteiger partial charge in [0.1, 0.15) is 0 Å². The van der Waals surface area contributed by atoms with Crippen molar-refractivity contribution in [2.75, 3.05) is 19.6 Å². The van der Waals surface area contributed by atoms with Gasteiger partial charge in [0.25, 0.3) is 0 Å². The SMILES string of the molecule is Cc1ccsc1CNC(=O)CN1CCC(NS(=O)(=O)c2ccccc2)CC1. The summed E-state index contributed by atoms with van der Waals surface area (Å²) in [5.74, 6) is 0.00566. The maximum absolute atomic E-state index is 12.4. The van der Waals surface area contributed by atoms with Crippen molar-refractivity contribution in [3.05, 3.63) is 52.2 Å². The largest absolute Gasteiger partial charge is 0.350 e. The van der Waals surface area contributed by atoms with Gasteiger partial charge in [-0.05, 0) is 48.9 Å². The summed E-state index contributed by atoms with van der Waals surface area (Å²) in [6, 6.07) is 10.4. The summed E-state index contributed by atoms with van der Waals surface area (Å²) in [6.45, 7) is 4.36. The van der Waals surface area contributed by atoms with Gasteiger partial charge in [-0.3, -0.25) is 9.69 Å². The van der Waals surface area contributed by atoms with Crippen LogP contribution in [0.15, 0.2) is 46.7 Å². The van der Waals surface area contributed by atoms with E-state index in [-0.39, 0.29) is 16.8 Å². The molecule has 0 atom stereocenters. The number of carbonyl (C=O) groups is 1. The summed E-state index contributed by atoms with van der Waals surface area (Å²) < 4.78 is 27.6. The van der Waals surface area contributed by atoms with Crippen molar-refractivity contribution in [2.24, 2.45) is 0 Å². The van der Waals surface area contributed by atoms with Gasteiger partial charge in [-0.1, -0.05) is 18.2 Å². The third-order valence-electron chi connectivity index (χ3n) is 4.74. The average Bonchev–Trinajstić information content (AvgIpc) is 3.07. The molecule has 6 nitrogen and oxygen atoms in total. The molecule has 1 aromatic heterocycles. The number of carbonyl (C=O) groups excluding carboxylic acids is 1. The van der Waals surface area contributed by atoms with Crippen LogP contribution < -0.4 is 10.0 Å². The molecule has 1 aliphatic rings. The number of hydrogen-bond acceptors (Lipinski definition) is 5. The molecule has 1 aromatic carbocycles. The van der Waals surface area contributed by atoms with Crippen LogP contribution in [-0.2, 0) is 21.4 Å². The number of sulfonamides is 1. The van der Waals surface area contributed by atoms with Gasteiger partial charge in [0.05, 0.1) is 18.0 Å². The molecule has 2 heterocycles. The lowest BCUT2D eigenvalue weighted by molar-refractivity contribution is -0.122. The summed E-state index contributed by atoms with van der Waals surface area (Å²) in [5, 5.41) is 4.99. The molecule has 0 aliphatic carbocycles. The zero-order valence-electron chi connectivity index (χ0n) is 15.3. The second-order valence-corrected chi connectivity index (χ2v) is 9.50. The minimum Gasteiger partial charge on any atom is -0.350 e.